The van der Waals surface area contributed by atoms with Crippen molar-refractivity contribution >= 4 is 11.9 Å². The predicted octanol–water partition coefficient (Wildman–Crippen LogP) is 20.2. The highest BCUT2D eigenvalue weighted by Gasteiger charge is 2.20. The van der Waals surface area contributed by atoms with E-state index in [-0.39, 0.29) is 18.5 Å². The van der Waals surface area contributed by atoms with Crippen molar-refractivity contribution in [3.8, 4) is 0 Å². The fourth-order valence-corrected chi connectivity index (χ4v) is 10.0. The summed E-state index contributed by atoms with van der Waals surface area (Å²) in [6, 6.07) is -0.538. The SMILES string of the molecule is CCCCCC/C=C\CCCCCCCC(=O)OCCCCCCCCCCCCCC/C=C\CCCCCCCCCCCCCCCCC(=O)NC(CO)C(O)CCCCCCCCCCCCC. The Bertz CT molecular complexity index is 1110. The number of nitrogens with one attached hydrogen (secondary N) is 1. The lowest BCUT2D eigenvalue weighted by Gasteiger charge is -2.22. The van der Waals surface area contributed by atoms with Crippen molar-refractivity contribution in [1.82, 2.24) is 5.32 Å². The number of aliphatic hydroxyl groups excluding tert-OH is 2. The van der Waals surface area contributed by atoms with Gasteiger partial charge in [0.15, 0.2) is 0 Å². The van der Waals surface area contributed by atoms with Crippen LogP contribution in [0.5, 0.6) is 0 Å². The highest BCUT2D eigenvalue weighted by molar-refractivity contribution is 5.76. The Labute approximate surface area is 443 Å². The van der Waals surface area contributed by atoms with Crippen LogP contribution >= 0.6 is 0 Å². The number of carbonyl (C=O) groups is 2. The van der Waals surface area contributed by atoms with E-state index in [9.17, 15) is 19.8 Å². The molecule has 0 rings (SSSR count). The number of ether oxygens (including phenoxy) is 1. The van der Waals surface area contributed by atoms with Crippen LogP contribution in [0.1, 0.15) is 354 Å². The van der Waals surface area contributed by atoms with Crippen LogP contribution in [0.3, 0.4) is 0 Å². The molecule has 0 aromatic rings. The molecule has 0 saturated carbocycles. The van der Waals surface area contributed by atoms with E-state index in [0.717, 1.165) is 44.9 Å². The van der Waals surface area contributed by atoms with Crippen LogP contribution in [0.2, 0.25) is 0 Å². The van der Waals surface area contributed by atoms with Crippen LogP contribution in [-0.4, -0.2) is 47.4 Å². The number of carbonyl (C=O) groups excluding carboxylic acids is 2. The molecule has 420 valence electrons. The number of esters is 1. The largest absolute Gasteiger partial charge is 0.466 e. The third-order valence-corrected chi connectivity index (χ3v) is 15.0. The standard InChI is InChI=1S/C65H125NO5/c1-3-5-7-9-11-13-15-34-39-43-47-51-55-59-65(70)71-60-56-52-48-44-40-36-33-31-29-27-25-23-21-19-17-16-18-20-22-24-26-28-30-32-35-38-42-46-50-54-58-64(69)66-62(61-67)63(68)57-53-49-45-41-37-14-12-10-8-6-4-2/h13,15,17,19,62-63,67-68H,3-12,14,16,18,20-61H2,1-2H3,(H,66,69)/b15-13-,19-17-. The van der Waals surface area contributed by atoms with Crippen LogP contribution < -0.4 is 5.32 Å². The Kier molecular flexibility index (Phi) is 59.5. The van der Waals surface area contributed by atoms with Crippen molar-refractivity contribution in [1.29, 1.82) is 0 Å². The molecule has 0 aromatic heterocycles. The Hall–Kier alpha value is -1.66. The van der Waals surface area contributed by atoms with E-state index < -0.39 is 12.1 Å². The van der Waals surface area contributed by atoms with Gasteiger partial charge in [0.1, 0.15) is 0 Å². The number of amides is 1. The fraction of sp³-hybridized carbons (Fsp3) is 0.908. The van der Waals surface area contributed by atoms with Gasteiger partial charge in [0.2, 0.25) is 5.91 Å². The molecule has 1 amide bonds. The summed E-state index contributed by atoms with van der Waals surface area (Å²) in [4.78, 5) is 24.5. The minimum Gasteiger partial charge on any atom is -0.466 e. The monoisotopic (exact) mass is 1000 g/mol. The Balaban J connectivity index is 3.34. The van der Waals surface area contributed by atoms with Crippen molar-refractivity contribution in [3.63, 3.8) is 0 Å². The van der Waals surface area contributed by atoms with Crippen molar-refractivity contribution in [2.75, 3.05) is 13.2 Å². The summed E-state index contributed by atoms with van der Waals surface area (Å²) in [5.41, 5.74) is 0. The van der Waals surface area contributed by atoms with Crippen LogP contribution in [-0.2, 0) is 14.3 Å². The molecule has 0 heterocycles. The first-order valence-corrected chi connectivity index (χ1v) is 32.1. The fourth-order valence-electron chi connectivity index (χ4n) is 10.0. The van der Waals surface area contributed by atoms with Crippen molar-refractivity contribution in [3.05, 3.63) is 24.3 Å². The first kappa shape index (κ1) is 69.3. The third-order valence-electron chi connectivity index (χ3n) is 15.0. The molecule has 0 fully saturated rings. The Morgan fingerprint density at radius 1 is 0.380 bits per heavy atom. The summed E-state index contributed by atoms with van der Waals surface area (Å²) in [6.45, 7) is 4.94. The lowest BCUT2D eigenvalue weighted by molar-refractivity contribution is -0.143. The van der Waals surface area contributed by atoms with Gasteiger partial charge >= 0.3 is 5.97 Å². The summed E-state index contributed by atoms with van der Waals surface area (Å²) in [7, 11) is 0. The zero-order chi connectivity index (χ0) is 51.4. The minimum atomic E-state index is -0.661. The van der Waals surface area contributed by atoms with E-state index in [4.69, 9.17) is 4.74 Å². The average molecular weight is 1000 g/mol. The van der Waals surface area contributed by atoms with E-state index in [2.05, 4.69) is 43.5 Å². The highest BCUT2D eigenvalue weighted by Crippen LogP contribution is 2.18. The molecular formula is C65H125NO5. The van der Waals surface area contributed by atoms with Gasteiger partial charge in [-0.25, -0.2) is 0 Å². The molecule has 0 aliphatic carbocycles. The van der Waals surface area contributed by atoms with Crippen LogP contribution in [0, 0.1) is 0 Å². The first-order valence-electron chi connectivity index (χ1n) is 32.1. The zero-order valence-electron chi connectivity index (χ0n) is 48.0. The van der Waals surface area contributed by atoms with Gasteiger partial charge in [-0.3, -0.25) is 9.59 Å². The molecule has 6 nitrogen and oxygen atoms in total. The van der Waals surface area contributed by atoms with E-state index in [0.29, 0.717) is 25.9 Å². The topological polar surface area (TPSA) is 95.9 Å². The van der Waals surface area contributed by atoms with E-state index in [1.54, 1.807) is 0 Å². The molecule has 0 radical (unpaired) electrons. The Morgan fingerprint density at radius 2 is 0.662 bits per heavy atom. The third kappa shape index (κ3) is 57.5. The molecule has 2 unspecified atom stereocenters. The molecular weight excluding hydrogens is 875 g/mol. The van der Waals surface area contributed by atoms with Gasteiger partial charge < -0.3 is 20.3 Å². The summed E-state index contributed by atoms with van der Waals surface area (Å²) < 4.78 is 5.48. The molecule has 2 atom stereocenters. The van der Waals surface area contributed by atoms with Crippen LogP contribution in [0.4, 0.5) is 0 Å². The van der Waals surface area contributed by atoms with Gasteiger partial charge in [-0.05, 0) is 77.0 Å². The molecule has 3 N–H and O–H groups in total. The van der Waals surface area contributed by atoms with Gasteiger partial charge in [0, 0.05) is 12.8 Å². The van der Waals surface area contributed by atoms with E-state index in [1.807, 2.05) is 0 Å². The molecule has 0 bridgehead atoms. The molecule has 0 aliphatic heterocycles. The number of aliphatic hydroxyl groups is 2. The van der Waals surface area contributed by atoms with Gasteiger partial charge in [0.25, 0.3) is 0 Å². The zero-order valence-corrected chi connectivity index (χ0v) is 48.0. The summed E-state index contributed by atoms with van der Waals surface area (Å²) in [5.74, 6) is -0.0252. The second kappa shape index (κ2) is 60.9. The van der Waals surface area contributed by atoms with Gasteiger partial charge in [0.05, 0.1) is 25.4 Å². The molecule has 0 spiro atoms. The maximum Gasteiger partial charge on any atom is 0.305 e. The second-order valence-electron chi connectivity index (χ2n) is 22.1. The minimum absolute atomic E-state index is 0.00802. The van der Waals surface area contributed by atoms with Gasteiger partial charge in [-0.1, -0.05) is 289 Å². The predicted molar refractivity (Wildman–Crippen MR) is 310 cm³/mol. The average Bonchev–Trinajstić information content (AvgIpc) is 3.37. The Morgan fingerprint density at radius 3 is 1.01 bits per heavy atom. The normalized spacial score (nSPS) is 12.7. The quantitative estimate of drug-likeness (QED) is 0.0320. The number of rotatable bonds is 60. The summed E-state index contributed by atoms with van der Waals surface area (Å²) in [6.07, 6.45) is 75.0. The van der Waals surface area contributed by atoms with Crippen molar-refractivity contribution in [2.45, 2.75) is 366 Å². The summed E-state index contributed by atoms with van der Waals surface area (Å²) >= 11 is 0. The van der Waals surface area contributed by atoms with Crippen molar-refractivity contribution in [2.24, 2.45) is 0 Å². The molecule has 6 heteroatoms. The molecule has 0 aliphatic rings. The highest BCUT2D eigenvalue weighted by atomic mass is 16.5. The molecule has 0 saturated heterocycles. The van der Waals surface area contributed by atoms with Crippen molar-refractivity contribution < 1.29 is 24.5 Å². The lowest BCUT2D eigenvalue weighted by Crippen LogP contribution is -2.45. The van der Waals surface area contributed by atoms with Crippen LogP contribution in [0.15, 0.2) is 24.3 Å². The maximum atomic E-state index is 12.4. The molecule has 71 heavy (non-hydrogen) atoms. The first-order chi connectivity index (χ1) is 35.0. The number of hydrogen-bond acceptors (Lipinski definition) is 5. The van der Waals surface area contributed by atoms with Gasteiger partial charge in [-0.15, -0.1) is 0 Å². The van der Waals surface area contributed by atoms with Gasteiger partial charge in [-0.2, -0.15) is 0 Å². The number of unbranched alkanes of at least 4 members (excludes halogenated alkanes) is 45. The number of hydrogen-bond donors (Lipinski definition) is 3. The lowest BCUT2D eigenvalue weighted by atomic mass is 10.0. The van der Waals surface area contributed by atoms with E-state index >= 15 is 0 Å². The number of allylic oxidation sites excluding steroid dienone is 4. The van der Waals surface area contributed by atoms with E-state index in [1.165, 1.54) is 276 Å². The summed E-state index contributed by atoms with van der Waals surface area (Å²) in [5, 5.41) is 23.2. The second-order valence-corrected chi connectivity index (χ2v) is 22.1. The van der Waals surface area contributed by atoms with Crippen LogP contribution in [0.25, 0.3) is 0 Å². The molecule has 0 aromatic carbocycles. The smallest absolute Gasteiger partial charge is 0.305 e. The maximum absolute atomic E-state index is 12.4.